The summed E-state index contributed by atoms with van der Waals surface area (Å²) in [7, 11) is -3.97. The van der Waals surface area contributed by atoms with Crippen molar-refractivity contribution in [1.82, 2.24) is 0 Å². The van der Waals surface area contributed by atoms with E-state index in [0.717, 1.165) is 5.56 Å². The van der Waals surface area contributed by atoms with E-state index in [0.29, 0.717) is 27.5 Å². The van der Waals surface area contributed by atoms with E-state index in [1.54, 1.807) is 24.3 Å². The zero-order valence-corrected chi connectivity index (χ0v) is 15.7. The van der Waals surface area contributed by atoms with Gasteiger partial charge < -0.3 is 9.50 Å². The number of benzene rings is 2. The summed E-state index contributed by atoms with van der Waals surface area (Å²) < 4.78 is 31.2. The van der Waals surface area contributed by atoms with Gasteiger partial charge in [0, 0.05) is 21.1 Å². The molecule has 2 aromatic rings. The molecule has 1 heterocycles. The Bertz CT molecular complexity index is 896. The summed E-state index contributed by atoms with van der Waals surface area (Å²) in [6, 6.07) is 9.63. The van der Waals surface area contributed by atoms with Crippen molar-refractivity contribution in [2.75, 3.05) is 5.32 Å². The number of hydrogen-bond acceptors (Lipinski definition) is 4. The molecule has 1 aliphatic heterocycles. The monoisotopic (exact) mass is 459 g/mol. The first-order valence-electron chi connectivity index (χ1n) is 6.67. The standard InChI is InChI=1S/C15H11Br2NO4S/c16-10-2-4-12(17)14(8-10)23(20,21)22-11-3-5-13-9(7-11)1-6-15(19)18-13/h2-5,7-8H,1,6H2,(H,18,19). The van der Waals surface area contributed by atoms with E-state index < -0.39 is 10.1 Å². The van der Waals surface area contributed by atoms with Gasteiger partial charge in [0.2, 0.25) is 5.91 Å². The lowest BCUT2D eigenvalue weighted by Gasteiger charge is -2.17. The van der Waals surface area contributed by atoms with Crippen LogP contribution in [0.3, 0.4) is 0 Å². The van der Waals surface area contributed by atoms with Gasteiger partial charge in [-0.3, -0.25) is 4.79 Å². The molecule has 0 saturated heterocycles. The quantitative estimate of drug-likeness (QED) is 0.705. The lowest BCUT2D eigenvalue weighted by Crippen LogP contribution is -2.19. The lowest BCUT2D eigenvalue weighted by molar-refractivity contribution is -0.116. The van der Waals surface area contributed by atoms with Crippen LogP contribution in [0.25, 0.3) is 0 Å². The molecule has 3 rings (SSSR count). The molecule has 5 nitrogen and oxygen atoms in total. The average Bonchev–Trinajstić information content (AvgIpc) is 2.49. The summed E-state index contributed by atoms with van der Waals surface area (Å²) in [6.45, 7) is 0. The molecule has 23 heavy (non-hydrogen) atoms. The molecule has 1 N–H and O–H groups in total. The maximum Gasteiger partial charge on any atom is 0.340 e. The highest BCUT2D eigenvalue weighted by Crippen LogP contribution is 2.31. The molecule has 0 atom stereocenters. The van der Waals surface area contributed by atoms with Crippen LogP contribution in [-0.2, 0) is 21.3 Å². The molecule has 0 unspecified atom stereocenters. The normalized spacial score (nSPS) is 14.1. The minimum atomic E-state index is -3.97. The molecule has 2 aromatic carbocycles. The SMILES string of the molecule is O=C1CCc2cc(OS(=O)(=O)c3cc(Br)ccc3Br)ccc2N1. The van der Waals surface area contributed by atoms with E-state index in [1.807, 2.05) is 0 Å². The molecule has 0 bridgehead atoms. The van der Waals surface area contributed by atoms with Crippen LogP contribution in [0.4, 0.5) is 5.69 Å². The van der Waals surface area contributed by atoms with Gasteiger partial charge in [0.1, 0.15) is 10.6 Å². The number of amides is 1. The van der Waals surface area contributed by atoms with Gasteiger partial charge in [0.05, 0.1) is 0 Å². The number of aryl methyl sites for hydroxylation is 1. The maximum atomic E-state index is 12.5. The summed E-state index contributed by atoms with van der Waals surface area (Å²) >= 11 is 6.47. The fraction of sp³-hybridized carbons (Fsp3) is 0.133. The van der Waals surface area contributed by atoms with Gasteiger partial charge in [-0.25, -0.2) is 0 Å². The van der Waals surface area contributed by atoms with Crippen molar-refractivity contribution in [3.8, 4) is 5.75 Å². The summed E-state index contributed by atoms with van der Waals surface area (Å²) in [6.07, 6.45) is 0.930. The van der Waals surface area contributed by atoms with Crippen LogP contribution in [0.1, 0.15) is 12.0 Å². The van der Waals surface area contributed by atoms with Crippen molar-refractivity contribution < 1.29 is 17.4 Å². The molecule has 0 fully saturated rings. The smallest absolute Gasteiger partial charge is 0.340 e. The van der Waals surface area contributed by atoms with E-state index >= 15 is 0 Å². The molecule has 8 heteroatoms. The highest BCUT2D eigenvalue weighted by atomic mass is 79.9. The van der Waals surface area contributed by atoms with Crippen LogP contribution in [0.15, 0.2) is 50.2 Å². The fourth-order valence-corrected chi connectivity index (χ4v) is 4.63. The molecule has 120 valence electrons. The first-order valence-corrected chi connectivity index (χ1v) is 9.67. The minimum Gasteiger partial charge on any atom is -0.379 e. The van der Waals surface area contributed by atoms with E-state index in [-0.39, 0.29) is 16.6 Å². The number of halogens is 2. The zero-order chi connectivity index (χ0) is 16.6. The van der Waals surface area contributed by atoms with Crippen molar-refractivity contribution in [3.63, 3.8) is 0 Å². The Kier molecular flexibility index (Phi) is 4.48. The van der Waals surface area contributed by atoms with Gasteiger partial charge in [-0.15, -0.1) is 0 Å². The number of fused-ring (bicyclic) bond motifs is 1. The highest BCUT2D eigenvalue weighted by Gasteiger charge is 2.22. The number of carbonyl (C=O) groups excluding carboxylic acids is 1. The first-order chi connectivity index (χ1) is 10.8. The van der Waals surface area contributed by atoms with Gasteiger partial charge in [0.15, 0.2) is 0 Å². The number of nitrogens with one attached hydrogen (secondary N) is 1. The Morgan fingerprint density at radius 2 is 1.83 bits per heavy atom. The van der Waals surface area contributed by atoms with Gasteiger partial charge in [-0.05, 0) is 64.3 Å². The number of anilines is 1. The number of hydrogen-bond donors (Lipinski definition) is 1. The molecule has 0 aliphatic carbocycles. The van der Waals surface area contributed by atoms with Crippen LogP contribution in [0, 0.1) is 0 Å². The third-order valence-corrected chi connectivity index (χ3v) is 6.08. The molecule has 0 spiro atoms. The predicted octanol–water partition coefficient (Wildman–Crippen LogP) is 3.86. The van der Waals surface area contributed by atoms with Gasteiger partial charge >= 0.3 is 10.1 Å². The van der Waals surface area contributed by atoms with Crippen molar-refractivity contribution in [3.05, 3.63) is 50.9 Å². The highest BCUT2D eigenvalue weighted by molar-refractivity contribution is 9.11. The van der Waals surface area contributed by atoms with Gasteiger partial charge in [-0.2, -0.15) is 8.42 Å². The second kappa shape index (κ2) is 6.26. The van der Waals surface area contributed by atoms with Crippen LogP contribution in [0.2, 0.25) is 0 Å². The minimum absolute atomic E-state index is 0.0397. The summed E-state index contributed by atoms with van der Waals surface area (Å²) in [5.41, 5.74) is 1.54. The van der Waals surface area contributed by atoms with Crippen LogP contribution in [0.5, 0.6) is 5.75 Å². The number of rotatable bonds is 3. The second-order valence-corrected chi connectivity index (χ2v) is 8.26. The summed E-state index contributed by atoms with van der Waals surface area (Å²) in [5, 5.41) is 2.74. The van der Waals surface area contributed by atoms with Gasteiger partial charge in [0.25, 0.3) is 0 Å². The van der Waals surface area contributed by atoms with E-state index in [2.05, 4.69) is 37.2 Å². The van der Waals surface area contributed by atoms with Crippen LogP contribution >= 0.6 is 31.9 Å². The van der Waals surface area contributed by atoms with Crippen LogP contribution in [-0.4, -0.2) is 14.3 Å². The van der Waals surface area contributed by atoms with Crippen molar-refractivity contribution in [2.24, 2.45) is 0 Å². The summed E-state index contributed by atoms with van der Waals surface area (Å²) in [5.74, 6) is 0.170. The van der Waals surface area contributed by atoms with Crippen molar-refractivity contribution in [2.45, 2.75) is 17.7 Å². The van der Waals surface area contributed by atoms with E-state index in [4.69, 9.17) is 4.18 Å². The third-order valence-electron chi connectivity index (χ3n) is 3.34. The molecule has 0 aromatic heterocycles. The van der Waals surface area contributed by atoms with Crippen LogP contribution < -0.4 is 9.50 Å². The Morgan fingerprint density at radius 1 is 1.04 bits per heavy atom. The van der Waals surface area contributed by atoms with Gasteiger partial charge in [-0.1, -0.05) is 15.9 Å². The Hall–Kier alpha value is -1.38. The number of carbonyl (C=O) groups is 1. The van der Waals surface area contributed by atoms with Crippen molar-refractivity contribution in [1.29, 1.82) is 0 Å². The molecule has 0 radical (unpaired) electrons. The topological polar surface area (TPSA) is 72.5 Å². The Labute approximate surface area is 150 Å². The molecule has 1 amide bonds. The second-order valence-electron chi connectivity index (χ2n) is 4.98. The molecule has 1 aliphatic rings. The fourth-order valence-electron chi connectivity index (χ4n) is 2.25. The Morgan fingerprint density at radius 3 is 2.61 bits per heavy atom. The molecular weight excluding hydrogens is 450 g/mol. The average molecular weight is 461 g/mol. The molecular formula is C15H11Br2NO4S. The maximum absolute atomic E-state index is 12.5. The third kappa shape index (κ3) is 3.59. The first kappa shape index (κ1) is 16.5. The predicted molar refractivity (Wildman–Crippen MR) is 93.0 cm³/mol. The zero-order valence-electron chi connectivity index (χ0n) is 11.7. The van der Waals surface area contributed by atoms with E-state index in [1.165, 1.54) is 12.1 Å². The largest absolute Gasteiger partial charge is 0.379 e. The van der Waals surface area contributed by atoms with E-state index in [9.17, 15) is 13.2 Å². The summed E-state index contributed by atoms with van der Waals surface area (Å²) in [4.78, 5) is 11.4. The molecule has 0 saturated carbocycles. The van der Waals surface area contributed by atoms with Crippen molar-refractivity contribution >= 4 is 53.6 Å². The lowest BCUT2D eigenvalue weighted by atomic mass is 10.0. The Balaban J connectivity index is 1.92.